The first-order valence-corrected chi connectivity index (χ1v) is 4.81. The molecule has 1 aromatic heterocycles. The quantitative estimate of drug-likeness (QED) is 0.655. The molecule has 6 nitrogen and oxygen atoms in total. The van der Waals surface area contributed by atoms with E-state index in [2.05, 4.69) is 15.6 Å². The van der Waals surface area contributed by atoms with Crippen molar-refractivity contribution in [2.45, 2.75) is 6.42 Å². The Bertz CT molecular complexity index is 354. The van der Waals surface area contributed by atoms with Crippen molar-refractivity contribution in [1.82, 2.24) is 15.6 Å². The molecule has 0 atom stereocenters. The van der Waals surface area contributed by atoms with E-state index in [-0.39, 0.29) is 6.54 Å². The number of carbonyl (C=O) groups excluding carboxylic acids is 1. The highest BCUT2D eigenvalue weighted by Crippen LogP contribution is 1.95. The number of carboxylic acids is 1. The van der Waals surface area contributed by atoms with E-state index in [1.165, 1.54) is 0 Å². The number of carbonyl (C=O) groups is 2. The van der Waals surface area contributed by atoms with Crippen LogP contribution >= 0.6 is 0 Å². The van der Waals surface area contributed by atoms with E-state index in [1.54, 1.807) is 12.4 Å². The fraction of sp³-hybridized carbons (Fsp3) is 0.300. The van der Waals surface area contributed by atoms with Gasteiger partial charge in [-0.15, -0.1) is 0 Å². The Morgan fingerprint density at radius 1 is 1.25 bits per heavy atom. The third-order valence-electron chi connectivity index (χ3n) is 1.85. The Balaban J connectivity index is 2.16. The van der Waals surface area contributed by atoms with E-state index < -0.39 is 12.0 Å². The maximum atomic E-state index is 11.0. The summed E-state index contributed by atoms with van der Waals surface area (Å²) >= 11 is 0. The molecule has 0 radical (unpaired) electrons. The van der Waals surface area contributed by atoms with E-state index in [4.69, 9.17) is 5.11 Å². The standard InChI is InChI=1S/C10H13N3O3/c14-9(15)7-13-10(16)12-6-3-8-1-4-11-5-2-8/h1-2,4-5H,3,6-7H2,(H,14,15)(H2,12,13,16). The van der Waals surface area contributed by atoms with Crippen LogP contribution in [0.2, 0.25) is 0 Å². The first-order chi connectivity index (χ1) is 7.68. The molecule has 0 aliphatic carbocycles. The number of hydrogen-bond donors (Lipinski definition) is 3. The van der Waals surface area contributed by atoms with Crippen molar-refractivity contribution in [3.63, 3.8) is 0 Å². The monoisotopic (exact) mass is 223 g/mol. The van der Waals surface area contributed by atoms with Gasteiger partial charge < -0.3 is 15.7 Å². The maximum Gasteiger partial charge on any atom is 0.323 e. The molecule has 0 aromatic carbocycles. The second-order valence-electron chi connectivity index (χ2n) is 3.11. The number of amides is 2. The summed E-state index contributed by atoms with van der Waals surface area (Å²) in [5, 5.41) is 13.1. The average Bonchev–Trinajstić information content (AvgIpc) is 2.28. The van der Waals surface area contributed by atoms with Crippen LogP contribution in [0.5, 0.6) is 0 Å². The molecule has 1 heterocycles. The van der Waals surface area contributed by atoms with Crippen molar-refractivity contribution in [2.75, 3.05) is 13.1 Å². The topological polar surface area (TPSA) is 91.3 Å². The summed E-state index contributed by atoms with van der Waals surface area (Å²) in [4.78, 5) is 25.1. The van der Waals surface area contributed by atoms with Crippen LogP contribution in [0.15, 0.2) is 24.5 Å². The molecule has 1 rings (SSSR count). The minimum atomic E-state index is -1.07. The van der Waals surface area contributed by atoms with Crippen molar-refractivity contribution < 1.29 is 14.7 Å². The van der Waals surface area contributed by atoms with Crippen LogP contribution in [0.3, 0.4) is 0 Å². The second-order valence-corrected chi connectivity index (χ2v) is 3.11. The summed E-state index contributed by atoms with van der Waals surface area (Å²) in [5.74, 6) is -1.07. The molecule has 0 unspecified atom stereocenters. The van der Waals surface area contributed by atoms with Crippen molar-refractivity contribution in [1.29, 1.82) is 0 Å². The predicted molar refractivity (Wildman–Crippen MR) is 57.0 cm³/mol. The van der Waals surface area contributed by atoms with E-state index in [0.717, 1.165) is 5.56 Å². The molecule has 0 bridgehead atoms. The number of nitrogens with one attached hydrogen (secondary N) is 2. The van der Waals surface area contributed by atoms with Crippen molar-refractivity contribution >= 4 is 12.0 Å². The largest absolute Gasteiger partial charge is 0.480 e. The van der Waals surface area contributed by atoms with Crippen LogP contribution in [0, 0.1) is 0 Å². The van der Waals surface area contributed by atoms with Gasteiger partial charge >= 0.3 is 12.0 Å². The van der Waals surface area contributed by atoms with Crippen molar-refractivity contribution in [3.8, 4) is 0 Å². The summed E-state index contributed by atoms with van der Waals surface area (Å²) < 4.78 is 0. The highest BCUT2D eigenvalue weighted by atomic mass is 16.4. The molecule has 16 heavy (non-hydrogen) atoms. The van der Waals surface area contributed by atoms with Crippen LogP contribution in [-0.2, 0) is 11.2 Å². The number of rotatable bonds is 5. The Hall–Kier alpha value is -2.11. The fourth-order valence-corrected chi connectivity index (χ4v) is 1.09. The Morgan fingerprint density at radius 2 is 1.94 bits per heavy atom. The molecule has 0 aliphatic rings. The maximum absolute atomic E-state index is 11.0. The van der Waals surface area contributed by atoms with E-state index in [1.807, 2.05) is 12.1 Å². The number of aromatic nitrogens is 1. The molecular formula is C10H13N3O3. The van der Waals surface area contributed by atoms with Gasteiger partial charge in [-0.1, -0.05) is 0 Å². The van der Waals surface area contributed by atoms with Gasteiger partial charge in [0.1, 0.15) is 6.54 Å². The molecule has 0 aliphatic heterocycles. The van der Waals surface area contributed by atoms with Crippen LogP contribution < -0.4 is 10.6 Å². The third kappa shape index (κ3) is 4.94. The number of pyridine rings is 1. The van der Waals surface area contributed by atoms with Crippen molar-refractivity contribution in [3.05, 3.63) is 30.1 Å². The number of aliphatic carboxylic acids is 1. The molecule has 0 fully saturated rings. The van der Waals surface area contributed by atoms with Gasteiger partial charge in [0.15, 0.2) is 0 Å². The van der Waals surface area contributed by atoms with Crippen LogP contribution in [0.25, 0.3) is 0 Å². The van der Waals surface area contributed by atoms with Gasteiger partial charge in [0.2, 0.25) is 0 Å². The normalized spacial score (nSPS) is 9.50. The minimum Gasteiger partial charge on any atom is -0.480 e. The molecule has 2 amide bonds. The first kappa shape index (κ1) is 12.0. The number of hydrogen-bond acceptors (Lipinski definition) is 3. The van der Waals surface area contributed by atoms with Gasteiger partial charge in [-0.25, -0.2) is 4.79 Å². The highest BCUT2D eigenvalue weighted by molar-refractivity contribution is 5.79. The van der Waals surface area contributed by atoms with Crippen LogP contribution in [-0.4, -0.2) is 35.2 Å². The van der Waals surface area contributed by atoms with E-state index >= 15 is 0 Å². The Labute approximate surface area is 92.7 Å². The van der Waals surface area contributed by atoms with E-state index in [0.29, 0.717) is 13.0 Å². The molecule has 0 saturated heterocycles. The van der Waals surface area contributed by atoms with Gasteiger partial charge in [-0.05, 0) is 24.1 Å². The molecule has 6 heteroatoms. The zero-order valence-corrected chi connectivity index (χ0v) is 8.64. The second kappa shape index (κ2) is 6.39. The SMILES string of the molecule is O=C(O)CNC(=O)NCCc1ccncc1. The average molecular weight is 223 g/mol. The zero-order valence-electron chi connectivity index (χ0n) is 8.64. The highest BCUT2D eigenvalue weighted by Gasteiger charge is 2.01. The number of carboxylic acid groups (broad SMARTS) is 1. The molecular weight excluding hydrogens is 210 g/mol. The lowest BCUT2D eigenvalue weighted by atomic mass is 10.2. The lowest BCUT2D eigenvalue weighted by Crippen LogP contribution is -2.39. The summed E-state index contributed by atoms with van der Waals surface area (Å²) in [6, 6.07) is 3.24. The van der Waals surface area contributed by atoms with Gasteiger partial charge in [0.05, 0.1) is 0 Å². The smallest absolute Gasteiger partial charge is 0.323 e. The number of nitrogens with zero attached hydrogens (tertiary/aromatic N) is 1. The molecule has 3 N–H and O–H groups in total. The Kier molecular flexibility index (Phi) is 4.78. The van der Waals surface area contributed by atoms with Gasteiger partial charge in [0, 0.05) is 18.9 Å². The number of urea groups is 1. The first-order valence-electron chi connectivity index (χ1n) is 4.81. The zero-order chi connectivity index (χ0) is 11.8. The summed E-state index contributed by atoms with van der Waals surface area (Å²) in [5.41, 5.74) is 1.06. The van der Waals surface area contributed by atoms with Gasteiger partial charge in [0.25, 0.3) is 0 Å². The minimum absolute atomic E-state index is 0.374. The lowest BCUT2D eigenvalue weighted by molar-refractivity contribution is -0.135. The lowest BCUT2D eigenvalue weighted by Gasteiger charge is -2.05. The van der Waals surface area contributed by atoms with Gasteiger partial charge in [-0.2, -0.15) is 0 Å². The predicted octanol–water partition coefficient (Wildman–Crippen LogP) is 0.00790. The molecule has 0 spiro atoms. The summed E-state index contributed by atoms with van der Waals surface area (Å²) in [6.07, 6.45) is 4.04. The summed E-state index contributed by atoms with van der Waals surface area (Å²) in [6.45, 7) is 0.0799. The molecule has 1 aromatic rings. The third-order valence-corrected chi connectivity index (χ3v) is 1.85. The van der Waals surface area contributed by atoms with Crippen molar-refractivity contribution in [2.24, 2.45) is 0 Å². The summed E-state index contributed by atoms with van der Waals surface area (Å²) in [7, 11) is 0. The molecule has 0 saturated carbocycles. The Morgan fingerprint density at radius 3 is 2.56 bits per heavy atom. The van der Waals surface area contributed by atoms with E-state index in [9.17, 15) is 9.59 Å². The fourth-order valence-electron chi connectivity index (χ4n) is 1.09. The molecule has 86 valence electrons. The van der Waals surface area contributed by atoms with Gasteiger partial charge in [-0.3, -0.25) is 9.78 Å². The van der Waals surface area contributed by atoms with Crippen LogP contribution in [0.4, 0.5) is 4.79 Å². The van der Waals surface area contributed by atoms with Crippen LogP contribution in [0.1, 0.15) is 5.56 Å².